The molecule has 0 spiro atoms. The first-order valence-electron chi connectivity index (χ1n) is 12.8. The highest BCUT2D eigenvalue weighted by Gasteiger charge is 2.16. The maximum absolute atomic E-state index is 12.7. The Morgan fingerprint density at radius 1 is 0.833 bits per heavy atom. The van der Waals surface area contributed by atoms with Crippen LogP contribution in [0.1, 0.15) is 80.3 Å². The molecule has 1 saturated carbocycles. The SMILES string of the molecule is CC(C)(C)c1ccc(C(=O)Nc2cccc(NC(=O)COc3ccc(C4CCCCC4)cc3)c2)cc1. The second-order valence-electron chi connectivity index (χ2n) is 10.6. The summed E-state index contributed by atoms with van der Waals surface area (Å²) in [5.41, 5.74) is 4.35. The van der Waals surface area contributed by atoms with Crippen LogP contribution in [-0.2, 0) is 10.2 Å². The van der Waals surface area contributed by atoms with Gasteiger partial charge in [-0.1, -0.05) is 70.4 Å². The normalized spacial score (nSPS) is 14.2. The molecule has 0 radical (unpaired) electrons. The average molecular weight is 485 g/mol. The number of ether oxygens (including phenoxy) is 1. The lowest BCUT2D eigenvalue weighted by Gasteiger charge is -2.22. The Balaban J connectivity index is 1.28. The van der Waals surface area contributed by atoms with E-state index in [1.54, 1.807) is 24.3 Å². The molecule has 0 heterocycles. The topological polar surface area (TPSA) is 67.4 Å². The molecule has 1 fully saturated rings. The zero-order valence-electron chi connectivity index (χ0n) is 21.5. The first-order valence-corrected chi connectivity index (χ1v) is 12.8. The van der Waals surface area contributed by atoms with E-state index in [1.165, 1.54) is 43.2 Å². The third-order valence-electron chi connectivity index (χ3n) is 6.74. The van der Waals surface area contributed by atoms with Crippen molar-refractivity contribution in [3.05, 3.63) is 89.5 Å². The molecule has 0 bridgehead atoms. The number of carbonyl (C=O) groups is 2. The van der Waals surface area contributed by atoms with Crippen molar-refractivity contribution >= 4 is 23.2 Å². The van der Waals surface area contributed by atoms with E-state index in [2.05, 4.69) is 43.5 Å². The van der Waals surface area contributed by atoms with Gasteiger partial charge >= 0.3 is 0 Å². The van der Waals surface area contributed by atoms with Gasteiger partial charge in [-0.05, 0) is 77.8 Å². The van der Waals surface area contributed by atoms with Gasteiger partial charge in [0.1, 0.15) is 5.75 Å². The fraction of sp³-hybridized carbons (Fsp3) is 0.355. The standard InChI is InChI=1S/C31H36N2O3/c1-31(2,3)25-16-12-24(13-17-25)30(35)33-27-11-7-10-26(20-27)32-29(34)21-36-28-18-14-23(15-19-28)22-8-5-4-6-9-22/h7,10-20,22H,4-6,8-9,21H2,1-3H3,(H,32,34)(H,33,35). The Hall–Kier alpha value is -3.60. The molecule has 36 heavy (non-hydrogen) atoms. The summed E-state index contributed by atoms with van der Waals surface area (Å²) in [6.45, 7) is 6.33. The highest BCUT2D eigenvalue weighted by Crippen LogP contribution is 2.33. The van der Waals surface area contributed by atoms with Gasteiger partial charge in [-0.25, -0.2) is 0 Å². The fourth-order valence-electron chi connectivity index (χ4n) is 4.62. The van der Waals surface area contributed by atoms with Gasteiger partial charge in [-0.15, -0.1) is 0 Å². The van der Waals surface area contributed by atoms with Gasteiger partial charge < -0.3 is 15.4 Å². The molecular formula is C31H36N2O3. The number of amides is 2. The predicted octanol–water partition coefficient (Wildman–Crippen LogP) is 7.30. The number of benzene rings is 3. The number of rotatable bonds is 7. The lowest BCUT2D eigenvalue weighted by Crippen LogP contribution is -2.20. The quantitative estimate of drug-likeness (QED) is 0.370. The third kappa shape index (κ3) is 6.97. The zero-order valence-corrected chi connectivity index (χ0v) is 21.5. The van der Waals surface area contributed by atoms with Crippen LogP contribution in [0.3, 0.4) is 0 Å². The maximum atomic E-state index is 12.7. The highest BCUT2D eigenvalue weighted by atomic mass is 16.5. The smallest absolute Gasteiger partial charge is 0.262 e. The number of anilines is 2. The van der Waals surface area contributed by atoms with E-state index in [-0.39, 0.29) is 23.8 Å². The summed E-state index contributed by atoms with van der Waals surface area (Å²) >= 11 is 0. The summed E-state index contributed by atoms with van der Waals surface area (Å²) in [5, 5.41) is 5.74. The Labute approximate surface area is 214 Å². The van der Waals surface area contributed by atoms with E-state index >= 15 is 0 Å². The molecule has 5 nitrogen and oxygen atoms in total. The number of hydrogen-bond acceptors (Lipinski definition) is 3. The molecule has 4 rings (SSSR count). The molecule has 5 heteroatoms. The van der Waals surface area contributed by atoms with Gasteiger partial charge in [0.2, 0.25) is 0 Å². The second kappa shape index (κ2) is 11.4. The molecule has 0 atom stereocenters. The van der Waals surface area contributed by atoms with Gasteiger partial charge in [-0.2, -0.15) is 0 Å². The molecule has 188 valence electrons. The van der Waals surface area contributed by atoms with Crippen LogP contribution >= 0.6 is 0 Å². The van der Waals surface area contributed by atoms with Crippen molar-refractivity contribution in [2.75, 3.05) is 17.2 Å². The minimum Gasteiger partial charge on any atom is -0.484 e. The molecule has 3 aromatic carbocycles. The summed E-state index contributed by atoms with van der Waals surface area (Å²) < 4.78 is 5.69. The lowest BCUT2D eigenvalue weighted by atomic mass is 9.84. The summed E-state index contributed by atoms with van der Waals surface area (Å²) in [6.07, 6.45) is 6.46. The fourth-order valence-corrected chi connectivity index (χ4v) is 4.62. The first kappa shape index (κ1) is 25.5. The molecule has 0 aromatic heterocycles. The monoisotopic (exact) mass is 484 g/mol. The Kier molecular flexibility index (Phi) is 8.09. The summed E-state index contributed by atoms with van der Waals surface area (Å²) in [6, 6.07) is 22.9. The number of nitrogens with one attached hydrogen (secondary N) is 2. The molecule has 2 N–H and O–H groups in total. The van der Waals surface area contributed by atoms with Crippen molar-refractivity contribution < 1.29 is 14.3 Å². The van der Waals surface area contributed by atoms with Crippen LogP contribution in [0.25, 0.3) is 0 Å². The lowest BCUT2D eigenvalue weighted by molar-refractivity contribution is -0.118. The van der Waals surface area contributed by atoms with E-state index in [4.69, 9.17) is 4.74 Å². The van der Waals surface area contributed by atoms with Crippen molar-refractivity contribution in [1.82, 2.24) is 0 Å². The molecule has 0 unspecified atom stereocenters. The third-order valence-corrected chi connectivity index (χ3v) is 6.74. The zero-order chi connectivity index (χ0) is 25.5. The van der Waals surface area contributed by atoms with Crippen molar-refractivity contribution in [3.8, 4) is 5.75 Å². The summed E-state index contributed by atoms with van der Waals surface area (Å²) in [4.78, 5) is 25.1. The van der Waals surface area contributed by atoms with E-state index in [0.29, 0.717) is 28.6 Å². The van der Waals surface area contributed by atoms with Crippen LogP contribution < -0.4 is 15.4 Å². The van der Waals surface area contributed by atoms with Gasteiger partial charge in [0.15, 0.2) is 6.61 Å². The minimum atomic E-state index is -0.257. The Morgan fingerprint density at radius 3 is 2.11 bits per heavy atom. The van der Waals surface area contributed by atoms with Crippen molar-refractivity contribution in [2.45, 2.75) is 64.2 Å². The minimum absolute atomic E-state index is 0.0314. The van der Waals surface area contributed by atoms with Crippen LogP contribution in [0.5, 0.6) is 5.75 Å². The second-order valence-corrected chi connectivity index (χ2v) is 10.6. The summed E-state index contributed by atoms with van der Waals surface area (Å²) in [5.74, 6) is 0.876. The maximum Gasteiger partial charge on any atom is 0.262 e. The van der Waals surface area contributed by atoms with Crippen LogP contribution in [-0.4, -0.2) is 18.4 Å². The molecular weight excluding hydrogens is 448 g/mol. The van der Waals surface area contributed by atoms with Crippen LogP contribution in [0.15, 0.2) is 72.8 Å². The number of carbonyl (C=O) groups excluding carboxylic acids is 2. The highest BCUT2D eigenvalue weighted by molar-refractivity contribution is 6.04. The van der Waals surface area contributed by atoms with Crippen molar-refractivity contribution in [3.63, 3.8) is 0 Å². The van der Waals surface area contributed by atoms with E-state index in [1.807, 2.05) is 36.4 Å². The number of hydrogen-bond donors (Lipinski definition) is 2. The molecule has 1 aliphatic rings. The molecule has 2 amide bonds. The van der Waals surface area contributed by atoms with Crippen molar-refractivity contribution in [1.29, 1.82) is 0 Å². The van der Waals surface area contributed by atoms with Crippen molar-refractivity contribution in [2.24, 2.45) is 0 Å². The first-order chi connectivity index (χ1) is 17.3. The molecule has 0 saturated heterocycles. The van der Waals surface area contributed by atoms with Gasteiger partial charge in [0.05, 0.1) is 0 Å². The van der Waals surface area contributed by atoms with Crippen LogP contribution in [0.4, 0.5) is 11.4 Å². The van der Waals surface area contributed by atoms with Crippen LogP contribution in [0.2, 0.25) is 0 Å². The Bertz CT molecular complexity index is 1170. The van der Waals surface area contributed by atoms with E-state index in [0.717, 1.165) is 0 Å². The largest absolute Gasteiger partial charge is 0.484 e. The van der Waals surface area contributed by atoms with Gasteiger partial charge in [-0.3, -0.25) is 9.59 Å². The van der Waals surface area contributed by atoms with Gasteiger partial charge in [0, 0.05) is 16.9 Å². The van der Waals surface area contributed by atoms with Gasteiger partial charge in [0.25, 0.3) is 11.8 Å². The summed E-state index contributed by atoms with van der Waals surface area (Å²) in [7, 11) is 0. The molecule has 1 aliphatic carbocycles. The van der Waals surface area contributed by atoms with Crippen LogP contribution in [0, 0.1) is 0 Å². The average Bonchev–Trinajstić information content (AvgIpc) is 2.88. The molecule has 0 aliphatic heterocycles. The predicted molar refractivity (Wildman–Crippen MR) is 146 cm³/mol. The Morgan fingerprint density at radius 2 is 1.47 bits per heavy atom. The molecule has 3 aromatic rings. The van der Waals surface area contributed by atoms with E-state index in [9.17, 15) is 9.59 Å². The van der Waals surface area contributed by atoms with E-state index < -0.39 is 0 Å².